The van der Waals surface area contributed by atoms with E-state index in [1.54, 1.807) is 6.07 Å². The quantitative estimate of drug-likeness (QED) is 0.769. The van der Waals surface area contributed by atoms with Gasteiger partial charge in [0, 0.05) is 4.88 Å². The molecule has 0 saturated carbocycles. The summed E-state index contributed by atoms with van der Waals surface area (Å²) >= 11 is 1.25. The van der Waals surface area contributed by atoms with Crippen molar-refractivity contribution in [1.82, 2.24) is 0 Å². The number of carboxylic acid groups (broad SMARTS) is 1. The minimum atomic E-state index is -0.973. The van der Waals surface area contributed by atoms with Gasteiger partial charge in [-0.1, -0.05) is 27.2 Å². The lowest BCUT2D eigenvalue weighted by atomic mass is 9.99. The van der Waals surface area contributed by atoms with E-state index in [0.29, 0.717) is 18.6 Å². The summed E-state index contributed by atoms with van der Waals surface area (Å²) in [5, 5.41) is 19.3. The maximum atomic E-state index is 11.2. The fraction of sp³-hybridized carbons (Fsp3) is 0.643. The zero-order valence-electron chi connectivity index (χ0n) is 11.7. The molecule has 0 aliphatic heterocycles. The second kappa shape index (κ2) is 6.91. The number of aryl methyl sites for hydroxylation is 1. The Labute approximate surface area is 118 Å². The number of aromatic carboxylic acids is 1. The molecular formula is C14H22O4S. The van der Waals surface area contributed by atoms with Crippen LogP contribution in [-0.2, 0) is 6.42 Å². The van der Waals surface area contributed by atoms with Crippen LogP contribution in [0.15, 0.2) is 6.07 Å². The average molecular weight is 286 g/mol. The summed E-state index contributed by atoms with van der Waals surface area (Å²) in [6.45, 7) is 5.96. The van der Waals surface area contributed by atoms with Crippen LogP contribution >= 0.6 is 11.3 Å². The molecule has 0 aliphatic carbocycles. The highest BCUT2D eigenvalue weighted by Gasteiger charge is 2.25. The first-order valence-corrected chi connectivity index (χ1v) is 7.48. The van der Waals surface area contributed by atoms with E-state index in [1.807, 2.05) is 20.8 Å². The van der Waals surface area contributed by atoms with Crippen molar-refractivity contribution in [3.05, 3.63) is 15.8 Å². The molecule has 1 aromatic heterocycles. The van der Waals surface area contributed by atoms with E-state index in [9.17, 15) is 9.90 Å². The van der Waals surface area contributed by atoms with Gasteiger partial charge in [0.2, 0.25) is 0 Å². The number of thiophene rings is 1. The Morgan fingerprint density at radius 2 is 2.00 bits per heavy atom. The molecule has 108 valence electrons. The fourth-order valence-electron chi connectivity index (χ4n) is 1.71. The summed E-state index contributed by atoms with van der Waals surface area (Å²) in [4.78, 5) is 12.4. The predicted molar refractivity (Wildman–Crippen MR) is 76.3 cm³/mol. The van der Waals surface area contributed by atoms with E-state index in [1.165, 1.54) is 11.3 Å². The first-order chi connectivity index (χ1) is 8.95. The Balaban J connectivity index is 2.84. The molecule has 0 radical (unpaired) electrons. The average Bonchev–Trinajstić information content (AvgIpc) is 2.80. The van der Waals surface area contributed by atoms with Crippen LogP contribution in [0.2, 0.25) is 0 Å². The van der Waals surface area contributed by atoms with Crippen LogP contribution in [0.25, 0.3) is 0 Å². The van der Waals surface area contributed by atoms with Crippen molar-refractivity contribution < 1.29 is 19.7 Å². The third-order valence-electron chi connectivity index (χ3n) is 3.25. The number of ether oxygens (including phenoxy) is 1. The molecule has 1 rings (SSSR count). The van der Waals surface area contributed by atoms with Crippen molar-refractivity contribution in [3.63, 3.8) is 0 Å². The van der Waals surface area contributed by atoms with Crippen LogP contribution in [0.5, 0.6) is 5.75 Å². The summed E-state index contributed by atoms with van der Waals surface area (Å²) in [6.07, 6.45) is 2.97. The molecule has 0 aliphatic rings. The van der Waals surface area contributed by atoms with E-state index < -0.39 is 11.6 Å². The molecule has 0 atom stereocenters. The van der Waals surface area contributed by atoms with Gasteiger partial charge in [0.15, 0.2) is 4.88 Å². The van der Waals surface area contributed by atoms with E-state index in [-0.39, 0.29) is 11.5 Å². The predicted octanol–water partition coefficient (Wildman–Crippen LogP) is 3.33. The van der Waals surface area contributed by atoms with Crippen LogP contribution in [-0.4, -0.2) is 28.4 Å². The molecule has 0 aromatic carbocycles. The molecule has 0 unspecified atom stereocenters. The van der Waals surface area contributed by atoms with Gasteiger partial charge in [0.25, 0.3) is 0 Å². The molecule has 0 amide bonds. The number of carbonyl (C=O) groups is 1. The normalized spacial score (nSPS) is 11.6. The number of carboxylic acids is 1. The number of rotatable bonds is 8. The molecule has 0 fully saturated rings. The van der Waals surface area contributed by atoms with Crippen molar-refractivity contribution >= 4 is 17.3 Å². The summed E-state index contributed by atoms with van der Waals surface area (Å²) in [6, 6.07) is 1.78. The Bertz CT molecular complexity index is 421. The lowest BCUT2D eigenvalue weighted by Crippen LogP contribution is -2.34. The van der Waals surface area contributed by atoms with Gasteiger partial charge < -0.3 is 14.9 Å². The summed E-state index contributed by atoms with van der Waals surface area (Å²) in [5.74, 6) is -0.597. The van der Waals surface area contributed by atoms with Gasteiger partial charge in [-0.05, 0) is 25.3 Å². The highest BCUT2D eigenvalue weighted by molar-refractivity contribution is 7.14. The Kier molecular flexibility index (Phi) is 5.82. The highest BCUT2D eigenvalue weighted by Crippen LogP contribution is 2.31. The van der Waals surface area contributed by atoms with E-state index in [2.05, 4.69) is 0 Å². The van der Waals surface area contributed by atoms with Crippen molar-refractivity contribution in [1.29, 1.82) is 0 Å². The van der Waals surface area contributed by atoms with Gasteiger partial charge >= 0.3 is 5.97 Å². The number of hydrogen-bond donors (Lipinski definition) is 2. The monoisotopic (exact) mass is 286 g/mol. The van der Waals surface area contributed by atoms with Crippen molar-refractivity contribution in [3.8, 4) is 5.75 Å². The lowest BCUT2D eigenvalue weighted by molar-refractivity contribution is -0.0116. The highest BCUT2D eigenvalue weighted by atomic mass is 32.1. The van der Waals surface area contributed by atoms with Crippen LogP contribution < -0.4 is 4.74 Å². The molecule has 0 saturated heterocycles. The first kappa shape index (κ1) is 16.0. The molecule has 4 nitrogen and oxygen atoms in total. The maximum Gasteiger partial charge on any atom is 0.349 e. The van der Waals surface area contributed by atoms with Crippen molar-refractivity contribution in [2.75, 3.05) is 6.61 Å². The van der Waals surface area contributed by atoms with E-state index >= 15 is 0 Å². The molecule has 0 bridgehead atoms. The largest absolute Gasteiger partial charge is 0.489 e. The Morgan fingerprint density at radius 3 is 2.47 bits per heavy atom. The minimum absolute atomic E-state index is 0.128. The smallest absolute Gasteiger partial charge is 0.349 e. The molecular weight excluding hydrogens is 264 g/mol. The lowest BCUT2D eigenvalue weighted by Gasteiger charge is -2.24. The van der Waals surface area contributed by atoms with Crippen LogP contribution in [0, 0.1) is 0 Å². The van der Waals surface area contributed by atoms with Gasteiger partial charge in [0.05, 0.1) is 5.60 Å². The third kappa shape index (κ3) is 4.21. The Morgan fingerprint density at radius 1 is 1.37 bits per heavy atom. The SMILES string of the molecule is CCCc1cc(OCC(O)(CC)CC)c(C(=O)O)s1. The molecule has 5 heteroatoms. The summed E-state index contributed by atoms with van der Waals surface area (Å²) < 4.78 is 5.55. The fourth-order valence-corrected chi connectivity index (χ4v) is 2.75. The zero-order chi connectivity index (χ0) is 14.5. The Hall–Kier alpha value is -1.07. The third-order valence-corrected chi connectivity index (χ3v) is 4.42. The van der Waals surface area contributed by atoms with Gasteiger partial charge in [-0.15, -0.1) is 11.3 Å². The molecule has 2 N–H and O–H groups in total. The first-order valence-electron chi connectivity index (χ1n) is 6.67. The molecule has 19 heavy (non-hydrogen) atoms. The summed E-state index contributed by atoms with van der Waals surface area (Å²) in [5.41, 5.74) is -0.886. The zero-order valence-corrected chi connectivity index (χ0v) is 12.5. The molecule has 1 heterocycles. The van der Waals surface area contributed by atoms with Gasteiger partial charge in [0.1, 0.15) is 12.4 Å². The second-order valence-corrected chi connectivity index (χ2v) is 5.82. The summed E-state index contributed by atoms with van der Waals surface area (Å²) in [7, 11) is 0. The van der Waals surface area contributed by atoms with Crippen LogP contribution in [0.1, 0.15) is 54.6 Å². The van der Waals surface area contributed by atoms with E-state index in [4.69, 9.17) is 9.84 Å². The maximum absolute atomic E-state index is 11.2. The van der Waals surface area contributed by atoms with Gasteiger partial charge in [-0.2, -0.15) is 0 Å². The minimum Gasteiger partial charge on any atom is -0.489 e. The van der Waals surface area contributed by atoms with Crippen LogP contribution in [0.4, 0.5) is 0 Å². The van der Waals surface area contributed by atoms with Gasteiger partial charge in [-0.3, -0.25) is 0 Å². The molecule has 0 spiro atoms. The number of hydrogen-bond acceptors (Lipinski definition) is 4. The van der Waals surface area contributed by atoms with E-state index in [0.717, 1.165) is 17.7 Å². The van der Waals surface area contributed by atoms with Crippen molar-refractivity contribution in [2.24, 2.45) is 0 Å². The molecule has 1 aromatic rings. The topological polar surface area (TPSA) is 66.8 Å². The van der Waals surface area contributed by atoms with Gasteiger partial charge in [-0.25, -0.2) is 4.79 Å². The second-order valence-electron chi connectivity index (χ2n) is 4.68. The standard InChI is InChI=1S/C14H22O4S/c1-4-7-10-8-11(12(19-10)13(15)16)18-9-14(17,5-2)6-3/h8,17H,4-7,9H2,1-3H3,(H,15,16). The van der Waals surface area contributed by atoms with Crippen molar-refractivity contribution in [2.45, 2.75) is 52.1 Å². The van der Waals surface area contributed by atoms with Crippen LogP contribution in [0.3, 0.4) is 0 Å². The number of aliphatic hydroxyl groups is 1.